The Hall–Kier alpha value is -1.10. The molecule has 1 aromatic rings. The van der Waals surface area contributed by atoms with Crippen LogP contribution in [0.1, 0.15) is 36.4 Å². The lowest BCUT2D eigenvalue weighted by Gasteiger charge is -2.28. The quantitative estimate of drug-likeness (QED) is 0.815. The van der Waals surface area contributed by atoms with E-state index in [1.807, 2.05) is 12.1 Å². The summed E-state index contributed by atoms with van der Waals surface area (Å²) in [6.45, 7) is 6.13. The van der Waals surface area contributed by atoms with Crippen LogP contribution < -0.4 is 5.32 Å². The number of ether oxygens (including phenoxy) is 1. The summed E-state index contributed by atoms with van der Waals surface area (Å²) in [7, 11) is 0. The number of hydrogen-bond acceptors (Lipinski definition) is 4. The number of aryl methyl sites for hydroxylation is 1. The van der Waals surface area contributed by atoms with E-state index in [1.165, 1.54) is 30.4 Å². The minimum absolute atomic E-state index is 0.390. The van der Waals surface area contributed by atoms with Gasteiger partial charge >= 0.3 is 0 Å². The lowest BCUT2D eigenvalue weighted by Crippen LogP contribution is -2.38. The van der Waals surface area contributed by atoms with Gasteiger partial charge in [0.15, 0.2) is 0 Å². The van der Waals surface area contributed by atoms with Crippen molar-refractivity contribution in [2.75, 3.05) is 39.4 Å². The lowest BCUT2D eigenvalue weighted by molar-refractivity contribution is 0.0373. The summed E-state index contributed by atoms with van der Waals surface area (Å²) in [6, 6.07) is 6.28. The van der Waals surface area contributed by atoms with Gasteiger partial charge in [-0.05, 0) is 62.0 Å². The molecule has 1 aliphatic carbocycles. The van der Waals surface area contributed by atoms with Crippen LogP contribution in [0.5, 0.6) is 5.75 Å². The van der Waals surface area contributed by atoms with E-state index in [9.17, 15) is 5.11 Å². The number of nitrogens with zero attached hydrogens (tertiary/aromatic N) is 1. The van der Waals surface area contributed by atoms with Crippen LogP contribution in [0.25, 0.3) is 0 Å². The second-order valence-corrected chi connectivity index (χ2v) is 6.09. The molecule has 1 heterocycles. The van der Waals surface area contributed by atoms with Crippen LogP contribution in [0.4, 0.5) is 0 Å². The minimum Gasteiger partial charge on any atom is -0.508 e. The second kappa shape index (κ2) is 7.25. The highest BCUT2D eigenvalue weighted by Gasteiger charge is 2.19. The van der Waals surface area contributed by atoms with Crippen molar-refractivity contribution < 1.29 is 9.84 Å². The summed E-state index contributed by atoms with van der Waals surface area (Å²) in [5.74, 6) is 0.390. The highest BCUT2D eigenvalue weighted by Crippen LogP contribution is 2.31. The van der Waals surface area contributed by atoms with Crippen molar-refractivity contribution in [1.29, 1.82) is 0 Å². The molecule has 21 heavy (non-hydrogen) atoms. The molecule has 2 N–H and O–H groups in total. The Bertz CT molecular complexity index is 458. The maximum atomic E-state index is 9.60. The average molecular weight is 290 g/mol. The monoisotopic (exact) mass is 290 g/mol. The van der Waals surface area contributed by atoms with E-state index >= 15 is 0 Å². The van der Waals surface area contributed by atoms with E-state index in [0.717, 1.165) is 45.8 Å². The molecule has 1 atom stereocenters. The van der Waals surface area contributed by atoms with Gasteiger partial charge in [-0.15, -0.1) is 0 Å². The van der Waals surface area contributed by atoms with Crippen molar-refractivity contribution in [2.24, 2.45) is 0 Å². The Morgan fingerprint density at radius 1 is 1.29 bits per heavy atom. The number of nitrogens with one attached hydrogen (secondary N) is 1. The summed E-state index contributed by atoms with van der Waals surface area (Å²) in [5.41, 5.74) is 2.69. The van der Waals surface area contributed by atoms with E-state index in [-0.39, 0.29) is 0 Å². The smallest absolute Gasteiger partial charge is 0.115 e. The lowest BCUT2D eigenvalue weighted by atomic mass is 9.87. The number of benzene rings is 1. The molecular weight excluding hydrogens is 264 g/mol. The van der Waals surface area contributed by atoms with Crippen LogP contribution in [-0.2, 0) is 11.2 Å². The van der Waals surface area contributed by atoms with Crippen molar-refractivity contribution in [3.8, 4) is 5.75 Å². The molecule has 1 saturated heterocycles. The Balaban J connectivity index is 1.46. The van der Waals surface area contributed by atoms with Crippen LogP contribution in [0.15, 0.2) is 18.2 Å². The number of hydrogen-bond donors (Lipinski definition) is 2. The molecule has 1 aliphatic heterocycles. The van der Waals surface area contributed by atoms with Crippen LogP contribution in [0, 0.1) is 0 Å². The van der Waals surface area contributed by atoms with Gasteiger partial charge in [0.25, 0.3) is 0 Å². The van der Waals surface area contributed by atoms with Crippen molar-refractivity contribution in [3.05, 3.63) is 29.3 Å². The summed E-state index contributed by atoms with van der Waals surface area (Å²) in [6.07, 6.45) is 4.69. The molecular formula is C17H26N2O2. The topological polar surface area (TPSA) is 44.7 Å². The first-order valence-electron chi connectivity index (χ1n) is 8.18. The summed E-state index contributed by atoms with van der Waals surface area (Å²) in [5, 5.41) is 13.3. The van der Waals surface area contributed by atoms with Gasteiger partial charge in [0.2, 0.25) is 0 Å². The molecule has 0 spiro atoms. The van der Waals surface area contributed by atoms with E-state index in [0.29, 0.717) is 11.8 Å². The van der Waals surface area contributed by atoms with Gasteiger partial charge in [-0.25, -0.2) is 0 Å². The third-order valence-corrected chi connectivity index (χ3v) is 4.59. The Morgan fingerprint density at radius 2 is 2.14 bits per heavy atom. The van der Waals surface area contributed by atoms with Crippen molar-refractivity contribution in [2.45, 2.75) is 31.7 Å². The van der Waals surface area contributed by atoms with Crippen molar-refractivity contribution in [1.82, 2.24) is 10.2 Å². The highest BCUT2D eigenvalue weighted by molar-refractivity contribution is 5.38. The van der Waals surface area contributed by atoms with Gasteiger partial charge in [-0.3, -0.25) is 4.90 Å². The van der Waals surface area contributed by atoms with Crippen LogP contribution in [-0.4, -0.2) is 49.4 Å². The molecule has 2 aliphatic rings. The molecule has 1 aromatic carbocycles. The third kappa shape index (κ3) is 3.96. The zero-order chi connectivity index (χ0) is 14.5. The molecule has 1 fully saturated rings. The predicted molar refractivity (Wildman–Crippen MR) is 83.7 cm³/mol. The number of phenols is 1. The normalized spacial score (nSPS) is 23.0. The van der Waals surface area contributed by atoms with E-state index in [1.54, 1.807) is 0 Å². The molecule has 0 amide bonds. The van der Waals surface area contributed by atoms with Gasteiger partial charge in [0.1, 0.15) is 5.75 Å². The van der Waals surface area contributed by atoms with Crippen LogP contribution >= 0.6 is 0 Å². The summed E-state index contributed by atoms with van der Waals surface area (Å²) in [4.78, 5) is 2.48. The van der Waals surface area contributed by atoms with E-state index in [4.69, 9.17) is 4.74 Å². The zero-order valence-corrected chi connectivity index (χ0v) is 12.7. The van der Waals surface area contributed by atoms with Gasteiger partial charge in [0.05, 0.1) is 13.2 Å². The Morgan fingerprint density at radius 3 is 3.00 bits per heavy atom. The Kier molecular flexibility index (Phi) is 5.12. The second-order valence-electron chi connectivity index (χ2n) is 6.09. The fourth-order valence-corrected chi connectivity index (χ4v) is 3.42. The molecule has 1 unspecified atom stereocenters. The largest absolute Gasteiger partial charge is 0.508 e. The number of morpholine rings is 1. The fourth-order valence-electron chi connectivity index (χ4n) is 3.42. The van der Waals surface area contributed by atoms with E-state index < -0.39 is 0 Å². The summed E-state index contributed by atoms with van der Waals surface area (Å²) >= 11 is 0. The maximum Gasteiger partial charge on any atom is 0.115 e. The average Bonchev–Trinajstić information content (AvgIpc) is 2.52. The molecule has 3 rings (SSSR count). The number of fused-ring (bicyclic) bond motifs is 1. The predicted octanol–water partition coefficient (Wildman–Crippen LogP) is 2.08. The molecule has 0 saturated carbocycles. The molecule has 4 heteroatoms. The van der Waals surface area contributed by atoms with Gasteiger partial charge < -0.3 is 15.2 Å². The van der Waals surface area contributed by atoms with Gasteiger partial charge in [0, 0.05) is 19.1 Å². The SMILES string of the molecule is Oc1ccc2c(c1)CCCC2NCCCN1CCOCC1. The number of rotatable bonds is 5. The van der Waals surface area contributed by atoms with Crippen molar-refractivity contribution in [3.63, 3.8) is 0 Å². The molecule has 0 bridgehead atoms. The maximum absolute atomic E-state index is 9.60. The van der Waals surface area contributed by atoms with Gasteiger partial charge in [-0.2, -0.15) is 0 Å². The molecule has 0 aromatic heterocycles. The number of aromatic hydroxyl groups is 1. The minimum atomic E-state index is 0.390. The van der Waals surface area contributed by atoms with Crippen LogP contribution in [0.2, 0.25) is 0 Å². The zero-order valence-electron chi connectivity index (χ0n) is 12.7. The Labute approximate surface area is 127 Å². The molecule has 4 nitrogen and oxygen atoms in total. The fraction of sp³-hybridized carbons (Fsp3) is 0.647. The standard InChI is InChI=1S/C17H26N2O2/c20-15-5-6-16-14(13-15)3-1-4-17(16)18-7-2-8-19-9-11-21-12-10-19/h5-6,13,17-18,20H,1-4,7-12H2. The third-order valence-electron chi connectivity index (χ3n) is 4.59. The van der Waals surface area contributed by atoms with E-state index in [2.05, 4.69) is 16.3 Å². The molecule has 116 valence electrons. The van der Waals surface area contributed by atoms with Crippen LogP contribution in [0.3, 0.4) is 0 Å². The first-order valence-corrected chi connectivity index (χ1v) is 8.18. The van der Waals surface area contributed by atoms with Crippen molar-refractivity contribution >= 4 is 0 Å². The molecule has 0 radical (unpaired) electrons. The van der Waals surface area contributed by atoms with Gasteiger partial charge in [-0.1, -0.05) is 6.07 Å². The summed E-state index contributed by atoms with van der Waals surface area (Å²) < 4.78 is 5.37. The first kappa shape index (κ1) is 14.8. The first-order chi connectivity index (χ1) is 10.3. The number of phenolic OH excluding ortho intramolecular Hbond substituents is 1. The highest BCUT2D eigenvalue weighted by atomic mass is 16.5.